The first-order valence-corrected chi connectivity index (χ1v) is 16.1. The van der Waals surface area contributed by atoms with Crippen molar-refractivity contribution in [2.45, 2.75) is 102 Å². The lowest BCUT2D eigenvalue weighted by molar-refractivity contribution is -0.143. The molecule has 1 aliphatic heterocycles. The normalized spacial score (nSPS) is 22.8. The lowest BCUT2D eigenvalue weighted by Crippen LogP contribution is -2.57. The van der Waals surface area contributed by atoms with Crippen LogP contribution in [0.4, 0.5) is 37.1 Å². The molecule has 2 fully saturated rings. The van der Waals surface area contributed by atoms with Gasteiger partial charge in [0.25, 0.3) is 0 Å². The summed E-state index contributed by atoms with van der Waals surface area (Å²) in [5.74, 6) is -0.853. The number of benzene rings is 1. The zero-order valence-corrected chi connectivity index (χ0v) is 27.2. The number of carboxylic acids is 1. The Labute approximate surface area is 279 Å². The van der Waals surface area contributed by atoms with Crippen molar-refractivity contribution in [3.05, 3.63) is 59.7 Å². The molecule has 5 rings (SSSR count). The number of carbonyl (C=O) groups is 2. The number of amides is 1. The summed E-state index contributed by atoms with van der Waals surface area (Å²) in [5, 5.41) is 13.2. The average Bonchev–Trinajstić information content (AvgIpc) is 3.46. The van der Waals surface area contributed by atoms with Crippen molar-refractivity contribution in [1.29, 1.82) is 0 Å². The first kappa shape index (κ1) is 35.9. The number of ether oxygens (including phenoxy) is 1. The fraction of sp³-hybridized carbons (Fsp3) is 0.545. The van der Waals surface area contributed by atoms with Gasteiger partial charge >= 0.3 is 24.4 Å². The average molecular weight is 697 g/mol. The fourth-order valence-corrected chi connectivity index (χ4v) is 6.78. The van der Waals surface area contributed by atoms with E-state index in [4.69, 9.17) is 9.84 Å². The second-order valence-corrected chi connectivity index (χ2v) is 12.8. The van der Waals surface area contributed by atoms with Crippen LogP contribution in [0.3, 0.4) is 0 Å². The van der Waals surface area contributed by atoms with Crippen LogP contribution in [-0.2, 0) is 35.5 Å². The van der Waals surface area contributed by atoms with Crippen LogP contribution in [0.5, 0.6) is 0 Å². The molecule has 3 aromatic rings. The maximum Gasteiger partial charge on any atom is 0.416 e. The van der Waals surface area contributed by atoms with E-state index in [1.807, 2.05) is 13.8 Å². The van der Waals surface area contributed by atoms with Gasteiger partial charge in [0.15, 0.2) is 0 Å². The molecule has 1 amide bonds. The molecule has 0 bridgehead atoms. The maximum absolute atomic E-state index is 13.8. The number of halogens is 6. The third-order valence-electron chi connectivity index (χ3n) is 9.33. The molecule has 0 radical (unpaired) electrons. The molecule has 2 aromatic heterocycles. The fourth-order valence-electron chi connectivity index (χ4n) is 6.78. The summed E-state index contributed by atoms with van der Waals surface area (Å²) in [6.45, 7) is 3.42. The van der Waals surface area contributed by atoms with Gasteiger partial charge in [0.05, 0.1) is 17.3 Å². The third-order valence-corrected chi connectivity index (χ3v) is 9.33. The lowest BCUT2D eigenvalue weighted by atomic mass is 9.80. The summed E-state index contributed by atoms with van der Waals surface area (Å²) < 4.78 is 90.0. The smallest absolute Gasteiger partial charge is 0.416 e. The summed E-state index contributed by atoms with van der Waals surface area (Å²) in [6.07, 6.45) is -1.94. The van der Waals surface area contributed by atoms with Gasteiger partial charge in [0.2, 0.25) is 5.95 Å². The molecule has 3 atom stereocenters. The highest BCUT2D eigenvalue weighted by Gasteiger charge is 2.43. The molecule has 10 nitrogen and oxygen atoms in total. The molecule has 266 valence electrons. The molecule has 3 heterocycles. The Morgan fingerprint density at radius 3 is 1.94 bits per heavy atom. The van der Waals surface area contributed by atoms with E-state index >= 15 is 0 Å². The highest BCUT2D eigenvalue weighted by Crippen LogP contribution is 2.39. The number of rotatable bonds is 10. The molecular formula is C33H38F6N6O4. The number of carboxylic acid groups (broad SMARTS) is 1. The molecule has 1 saturated carbocycles. The number of carbonyl (C=O) groups excluding carboxylic acids is 1. The number of likely N-dealkylation sites (tertiary alicyclic amines) is 1. The molecule has 1 aromatic carbocycles. The number of aromatic nitrogens is 4. The van der Waals surface area contributed by atoms with Gasteiger partial charge in [0, 0.05) is 67.9 Å². The summed E-state index contributed by atoms with van der Waals surface area (Å²) in [5.41, 5.74) is -1.71. The number of hydrogen-bond donors (Lipinski definition) is 1. The van der Waals surface area contributed by atoms with Crippen molar-refractivity contribution in [1.82, 2.24) is 24.6 Å². The Hall–Kier alpha value is -4.37. The molecular weight excluding hydrogens is 658 g/mol. The van der Waals surface area contributed by atoms with Gasteiger partial charge in [-0.15, -0.1) is 0 Å². The minimum Gasteiger partial charge on any atom is -0.481 e. The highest BCUT2D eigenvalue weighted by molar-refractivity contribution is 5.70. The second kappa shape index (κ2) is 14.2. The van der Waals surface area contributed by atoms with Crippen LogP contribution in [0.2, 0.25) is 0 Å². The Morgan fingerprint density at radius 1 is 0.898 bits per heavy atom. The number of alkyl halides is 6. The van der Waals surface area contributed by atoms with E-state index in [0.717, 1.165) is 5.56 Å². The van der Waals surface area contributed by atoms with Crippen molar-refractivity contribution in [3.8, 4) is 11.1 Å². The van der Waals surface area contributed by atoms with Crippen LogP contribution in [0.15, 0.2) is 43.0 Å². The molecule has 1 N–H and O–H groups in total. The number of aryl methyl sites for hydroxylation is 1. The molecule has 2 unspecified atom stereocenters. The first-order valence-electron chi connectivity index (χ1n) is 16.1. The predicted molar refractivity (Wildman–Crippen MR) is 165 cm³/mol. The van der Waals surface area contributed by atoms with Gasteiger partial charge in [-0.3, -0.25) is 9.48 Å². The van der Waals surface area contributed by atoms with Gasteiger partial charge in [-0.1, -0.05) is 13.8 Å². The largest absolute Gasteiger partial charge is 0.481 e. The third kappa shape index (κ3) is 8.44. The van der Waals surface area contributed by atoms with E-state index in [-0.39, 0.29) is 48.5 Å². The zero-order chi connectivity index (χ0) is 35.7. The second-order valence-electron chi connectivity index (χ2n) is 12.8. The van der Waals surface area contributed by atoms with Crippen molar-refractivity contribution in [2.75, 3.05) is 4.90 Å². The number of piperidine rings is 1. The lowest BCUT2D eigenvalue weighted by Gasteiger charge is -2.48. The molecule has 16 heteroatoms. The predicted octanol–water partition coefficient (Wildman–Crippen LogP) is 7.33. The minimum atomic E-state index is -5.01. The zero-order valence-electron chi connectivity index (χ0n) is 27.2. The van der Waals surface area contributed by atoms with Crippen molar-refractivity contribution < 1.29 is 45.8 Å². The van der Waals surface area contributed by atoms with E-state index in [0.29, 0.717) is 56.2 Å². The summed E-state index contributed by atoms with van der Waals surface area (Å²) in [6, 6.07) is 0.331. The van der Waals surface area contributed by atoms with Gasteiger partial charge in [0.1, 0.15) is 6.10 Å². The summed E-state index contributed by atoms with van der Waals surface area (Å²) in [4.78, 5) is 36.8. The van der Waals surface area contributed by atoms with E-state index in [1.54, 1.807) is 33.9 Å². The Morgan fingerprint density at radius 2 is 1.47 bits per heavy atom. The van der Waals surface area contributed by atoms with Crippen LogP contribution in [0.1, 0.15) is 75.5 Å². The first-order chi connectivity index (χ1) is 23.0. The minimum absolute atomic E-state index is 0.00603. The standard InChI is InChI=1S/C33H38F6N6O4/c1-4-25-12-27(13-26(5-2)45(25)31(48)49-28-8-19(9-28)10-29(46)47)44(30-40-14-21(15-41-30)22-16-42-43(3)18-22)17-20-6-23(32(34,35)36)11-24(7-20)33(37,38)39/h6-7,11,14-16,18-19,25-28H,4-5,8-10,12-13,17H2,1-3H3,(H,46,47)/t19?,25-,26?,27?,28?/m0/s1. The SMILES string of the molecule is CCC1CC(N(Cc2cc(C(F)(F)F)cc(C(F)(F)F)c2)c2ncc(-c3cnn(C)c3)cn2)C[C@H](CC)N1C(=O)OC1CC(CC(=O)O)C1. The van der Waals surface area contributed by atoms with Crippen LogP contribution in [0, 0.1) is 5.92 Å². The quantitative estimate of drug-likeness (QED) is 0.219. The molecule has 0 spiro atoms. The highest BCUT2D eigenvalue weighted by atomic mass is 19.4. The van der Waals surface area contributed by atoms with E-state index < -0.39 is 47.7 Å². The Kier molecular flexibility index (Phi) is 10.4. The van der Waals surface area contributed by atoms with Crippen molar-refractivity contribution >= 4 is 18.0 Å². The van der Waals surface area contributed by atoms with Gasteiger partial charge in [-0.2, -0.15) is 31.4 Å². The van der Waals surface area contributed by atoms with Gasteiger partial charge in [-0.25, -0.2) is 14.8 Å². The molecule has 49 heavy (non-hydrogen) atoms. The Bertz CT molecular complexity index is 1580. The van der Waals surface area contributed by atoms with Crippen LogP contribution < -0.4 is 4.90 Å². The van der Waals surface area contributed by atoms with Crippen molar-refractivity contribution in [3.63, 3.8) is 0 Å². The van der Waals surface area contributed by atoms with Gasteiger partial charge in [-0.05, 0) is 68.2 Å². The number of nitrogens with zero attached hydrogens (tertiary/aromatic N) is 6. The van der Waals surface area contributed by atoms with Gasteiger partial charge < -0.3 is 19.6 Å². The van der Waals surface area contributed by atoms with Crippen molar-refractivity contribution in [2.24, 2.45) is 13.0 Å². The van der Waals surface area contributed by atoms with E-state index in [9.17, 15) is 35.9 Å². The molecule has 1 saturated heterocycles. The van der Waals surface area contributed by atoms with Crippen LogP contribution in [-0.4, -0.2) is 66.0 Å². The Balaban J connectivity index is 1.45. The number of aliphatic carboxylic acids is 1. The maximum atomic E-state index is 13.8. The van der Waals surface area contributed by atoms with E-state index in [2.05, 4.69) is 15.1 Å². The molecule has 1 aliphatic carbocycles. The number of hydrogen-bond acceptors (Lipinski definition) is 7. The summed E-state index contributed by atoms with van der Waals surface area (Å²) >= 11 is 0. The van der Waals surface area contributed by atoms with E-state index in [1.165, 1.54) is 12.4 Å². The topological polar surface area (TPSA) is 114 Å². The number of anilines is 1. The van der Waals surface area contributed by atoms with Crippen LogP contribution >= 0.6 is 0 Å². The van der Waals surface area contributed by atoms with Crippen LogP contribution in [0.25, 0.3) is 11.1 Å². The molecule has 2 aliphatic rings. The monoisotopic (exact) mass is 696 g/mol. The summed E-state index contributed by atoms with van der Waals surface area (Å²) in [7, 11) is 1.74.